The van der Waals surface area contributed by atoms with Gasteiger partial charge in [0.05, 0.1) is 12.3 Å². The number of rotatable bonds is 6. The van der Waals surface area contributed by atoms with Crippen molar-refractivity contribution in [3.05, 3.63) is 48.0 Å². The maximum Gasteiger partial charge on any atom is 0.309 e. The number of esters is 2. The van der Waals surface area contributed by atoms with Crippen molar-refractivity contribution < 1.29 is 19.1 Å². The van der Waals surface area contributed by atoms with E-state index in [1.165, 1.54) is 0 Å². The number of ether oxygens (including phenoxy) is 2. The minimum atomic E-state index is -0.352. The van der Waals surface area contributed by atoms with Crippen molar-refractivity contribution in [2.24, 2.45) is 5.92 Å². The molecule has 21 heavy (non-hydrogen) atoms. The number of carbonyl (C=O) groups excluding carboxylic acids is 2. The third-order valence-electron chi connectivity index (χ3n) is 3.40. The Kier molecular flexibility index (Phi) is 6.00. The lowest BCUT2D eigenvalue weighted by atomic mass is 9.95. The molecule has 1 atom stereocenters. The van der Waals surface area contributed by atoms with Crippen LogP contribution < -0.4 is 0 Å². The Balaban J connectivity index is 1.60. The molecule has 112 valence electrons. The number of allylic oxidation sites excluding steroid dienone is 2. The van der Waals surface area contributed by atoms with E-state index in [1.54, 1.807) is 0 Å². The molecule has 1 aromatic rings. The maximum atomic E-state index is 11.8. The zero-order valence-electron chi connectivity index (χ0n) is 12.0. The van der Waals surface area contributed by atoms with Crippen LogP contribution in [0.4, 0.5) is 0 Å². The normalized spacial score (nSPS) is 17.2. The summed E-state index contributed by atoms with van der Waals surface area (Å²) < 4.78 is 10.2. The van der Waals surface area contributed by atoms with Crippen molar-refractivity contribution in [1.82, 2.24) is 0 Å². The average Bonchev–Trinajstić information content (AvgIpc) is 2.54. The van der Waals surface area contributed by atoms with Crippen molar-refractivity contribution in [1.29, 1.82) is 0 Å². The molecule has 0 saturated heterocycles. The largest absolute Gasteiger partial charge is 0.465 e. The molecular weight excluding hydrogens is 268 g/mol. The molecule has 0 amide bonds. The molecule has 2 rings (SSSR count). The van der Waals surface area contributed by atoms with Crippen molar-refractivity contribution in [3.8, 4) is 0 Å². The Morgan fingerprint density at radius 3 is 2.62 bits per heavy atom. The van der Waals surface area contributed by atoms with Gasteiger partial charge < -0.3 is 9.47 Å². The minimum absolute atomic E-state index is 0.0599. The van der Waals surface area contributed by atoms with E-state index in [2.05, 4.69) is 6.08 Å². The van der Waals surface area contributed by atoms with Gasteiger partial charge in [-0.3, -0.25) is 9.59 Å². The van der Waals surface area contributed by atoms with Crippen molar-refractivity contribution >= 4 is 11.9 Å². The van der Waals surface area contributed by atoms with Gasteiger partial charge in [0.25, 0.3) is 0 Å². The van der Waals surface area contributed by atoms with Gasteiger partial charge in [0.1, 0.15) is 13.2 Å². The summed E-state index contributed by atoms with van der Waals surface area (Å²) in [6, 6.07) is 9.48. The second kappa shape index (κ2) is 8.25. The molecule has 0 fully saturated rings. The van der Waals surface area contributed by atoms with Crippen LogP contribution in [0.5, 0.6) is 0 Å². The smallest absolute Gasteiger partial charge is 0.309 e. The molecule has 0 unspecified atom stereocenters. The minimum Gasteiger partial charge on any atom is -0.465 e. The predicted octanol–water partition coefficient (Wildman–Crippen LogP) is 3.02. The van der Waals surface area contributed by atoms with Gasteiger partial charge in [-0.05, 0) is 24.8 Å². The van der Waals surface area contributed by atoms with Gasteiger partial charge in [-0.2, -0.15) is 0 Å². The highest BCUT2D eigenvalue weighted by atomic mass is 16.5. The van der Waals surface area contributed by atoms with E-state index in [0.717, 1.165) is 24.8 Å². The zero-order valence-corrected chi connectivity index (χ0v) is 12.0. The SMILES string of the molecule is O=C(CCOC(=O)[C@@H]1CC=CCC1)OCc1ccccc1. The summed E-state index contributed by atoms with van der Waals surface area (Å²) in [5.74, 6) is -0.624. The molecular formula is C17H20O4. The Labute approximate surface area is 124 Å². The highest BCUT2D eigenvalue weighted by Crippen LogP contribution is 2.19. The van der Waals surface area contributed by atoms with E-state index in [9.17, 15) is 9.59 Å². The van der Waals surface area contributed by atoms with Gasteiger partial charge in [0.2, 0.25) is 0 Å². The fourth-order valence-corrected chi connectivity index (χ4v) is 2.17. The second-order valence-electron chi connectivity index (χ2n) is 5.05. The van der Waals surface area contributed by atoms with Crippen LogP contribution in [-0.4, -0.2) is 18.5 Å². The molecule has 1 aromatic carbocycles. The maximum absolute atomic E-state index is 11.8. The van der Waals surface area contributed by atoms with E-state index < -0.39 is 0 Å². The molecule has 4 nitrogen and oxygen atoms in total. The third kappa shape index (κ3) is 5.42. The molecule has 0 radical (unpaired) electrons. The standard InChI is InChI=1S/C17H20O4/c18-16(21-13-14-7-3-1-4-8-14)11-12-20-17(19)15-9-5-2-6-10-15/h1-5,7-8,15H,6,9-13H2/t15-/m1/s1. The Hall–Kier alpha value is -2.10. The summed E-state index contributed by atoms with van der Waals surface area (Å²) in [6.07, 6.45) is 6.65. The Morgan fingerprint density at radius 1 is 1.10 bits per heavy atom. The first-order valence-electron chi connectivity index (χ1n) is 7.27. The van der Waals surface area contributed by atoms with Gasteiger partial charge in [-0.15, -0.1) is 0 Å². The first kappa shape index (κ1) is 15.3. The highest BCUT2D eigenvalue weighted by molar-refractivity contribution is 5.74. The Morgan fingerprint density at radius 2 is 1.90 bits per heavy atom. The molecule has 0 spiro atoms. The molecule has 0 heterocycles. The summed E-state index contributed by atoms with van der Waals surface area (Å²) in [5.41, 5.74) is 0.942. The third-order valence-corrected chi connectivity index (χ3v) is 3.40. The lowest BCUT2D eigenvalue weighted by Gasteiger charge is -2.16. The number of hydrogen-bond donors (Lipinski definition) is 0. The second-order valence-corrected chi connectivity index (χ2v) is 5.05. The summed E-state index contributed by atoms with van der Waals surface area (Å²) in [7, 11) is 0. The molecule has 0 N–H and O–H groups in total. The molecule has 1 aliphatic carbocycles. The lowest BCUT2D eigenvalue weighted by Crippen LogP contribution is -2.20. The number of benzene rings is 1. The first-order chi connectivity index (χ1) is 10.3. The van der Waals surface area contributed by atoms with Crippen LogP contribution in [0.1, 0.15) is 31.2 Å². The van der Waals surface area contributed by atoms with Crippen molar-refractivity contribution in [2.75, 3.05) is 6.61 Å². The predicted molar refractivity (Wildman–Crippen MR) is 78.3 cm³/mol. The van der Waals surface area contributed by atoms with Crippen LogP contribution in [-0.2, 0) is 25.7 Å². The molecule has 0 aromatic heterocycles. The van der Waals surface area contributed by atoms with Crippen LogP contribution >= 0.6 is 0 Å². The summed E-state index contributed by atoms with van der Waals surface area (Å²) in [4.78, 5) is 23.3. The lowest BCUT2D eigenvalue weighted by molar-refractivity contribution is -0.152. The van der Waals surface area contributed by atoms with Crippen LogP contribution in [0.25, 0.3) is 0 Å². The Bertz CT molecular complexity index is 493. The van der Waals surface area contributed by atoms with Crippen LogP contribution in [0.2, 0.25) is 0 Å². The monoisotopic (exact) mass is 288 g/mol. The number of hydrogen-bond acceptors (Lipinski definition) is 4. The van der Waals surface area contributed by atoms with E-state index in [0.29, 0.717) is 0 Å². The first-order valence-corrected chi connectivity index (χ1v) is 7.27. The number of carbonyl (C=O) groups is 2. The van der Waals surface area contributed by atoms with E-state index in [1.807, 2.05) is 36.4 Å². The fraction of sp³-hybridized carbons (Fsp3) is 0.412. The van der Waals surface area contributed by atoms with Gasteiger partial charge in [-0.25, -0.2) is 0 Å². The fourth-order valence-electron chi connectivity index (χ4n) is 2.17. The average molecular weight is 288 g/mol. The van der Waals surface area contributed by atoms with Crippen LogP contribution in [0.3, 0.4) is 0 Å². The van der Waals surface area contributed by atoms with Gasteiger partial charge in [-0.1, -0.05) is 42.5 Å². The highest BCUT2D eigenvalue weighted by Gasteiger charge is 2.20. The molecule has 0 saturated carbocycles. The zero-order chi connectivity index (χ0) is 14.9. The van der Waals surface area contributed by atoms with Crippen molar-refractivity contribution in [3.63, 3.8) is 0 Å². The van der Waals surface area contributed by atoms with Crippen molar-refractivity contribution in [2.45, 2.75) is 32.3 Å². The molecule has 0 aliphatic heterocycles. The molecule has 4 heteroatoms. The van der Waals surface area contributed by atoms with E-state index >= 15 is 0 Å². The summed E-state index contributed by atoms with van der Waals surface area (Å²) in [5, 5.41) is 0. The van der Waals surface area contributed by atoms with Gasteiger partial charge >= 0.3 is 11.9 Å². The van der Waals surface area contributed by atoms with Gasteiger partial charge in [0, 0.05) is 0 Å². The summed E-state index contributed by atoms with van der Waals surface area (Å²) in [6.45, 7) is 0.341. The van der Waals surface area contributed by atoms with Gasteiger partial charge in [0.15, 0.2) is 0 Å². The van der Waals surface area contributed by atoms with Crippen LogP contribution in [0, 0.1) is 5.92 Å². The van der Waals surface area contributed by atoms with E-state index in [-0.39, 0.29) is 37.5 Å². The quantitative estimate of drug-likeness (QED) is 0.596. The summed E-state index contributed by atoms with van der Waals surface area (Å²) >= 11 is 0. The molecule has 0 bridgehead atoms. The topological polar surface area (TPSA) is 52.6 Å². The van der Waals surface area contributed by atoms with Crippen LogP contribution in [0.15, 0.2) is 42.5 Å². The molecule has 1 aliphatic rings. The van der Waals surface area contributed by atoms with E-state index in [4.69, 9.17) is 9.47 Å².